The average Bonchev–Trinajstić information content (AvgIpc) is 2.63. The van der Waals surface area contributed by atoms with Gasteiger partial charge in [-0.05, 0) is 63.1 Å². The second-order valence-electron chi connectivity index (χ2n) is 6.93. The second kappa shape index (κ2) is 9.44. The summed E-state index contributed by atoms with van der Waals surface area (Å²) < 4.78 is 0. The minimum absolute atomic E-state index is 0.522. The van der Waals surface area contributed by atoms with Crippen LogP contribution in [0.15, 0.2) is 32.8 Å². The number of aryl methyl sites for hydroxylation is 1. The van der Waals surface area contributed by atoms with Crippen molar-refractivity contribution in [3.05, 3.63) is 29.1 Å². The Balaban J connectivity index is 1.52. The quantitative estimate of drug-likeness (QED) is 0.730. The van der Waals surface area contributed by atoms with Crippen molar-refractivity contribution in [2.45, 2.75) is 58.5 Å². The minimum Gasteiger partial charge on any atom is -0.279 e. The highest BCUT2D eigenvalue weighted by Gasteiger charge is 2.08. The molecule has 0 N–H and O–H groups in total. The van der Waals surface area contributed by atoms with Crippen LogP contribution in [0.2, 0.25) is 0 Å². The minimum atomic E-state index is 0.522. The lowest BCUT2D eigenvalue weighted by molar-refractivity contribution is 0.220. The fourth-order valence-corrected chi connectivity index (χ4v) is 3.30. The van der Waals surface area contributed by atoms with Crippen LogP contribution in [-0.2, 0) is 13.1 Å². The molecule has 25 heavy (non-hydrogen) atoms. The molecule has 0 aromatic carbocycles. The Hall–Kier alpha value is -2.05. The Morgan fingerprint density at radius 3 is 1.64 bits per heavy atom. The highest BCUT2D eigenvalue weighted by atomic mass is 15.5. The van der Waals surface area contributed by atoms with E-state index < -0.39 is 0 Å². The standard InChI is InChI=1S/C18H29N7/c1-16-12-17(14-19-22-24-8-4-2-5-9-24)21-18(13-16)15-20-23-25-10-6-3-7-11-25/h12-13H,2-11,14-15H2,1H3. The van der Waals surface area contributed by atoms with E-state index in [-0.39, 0.29) is 0 Å². The van der Waals surface area contributed by atoms with Crippen molar-refractivity contribution in [2.24, 2.45) is 20.7 Å². The molecule has 2 fully saturated rings. The Morgan fingerprint density at radius 2 is 1.20 bits per heavy atom. The summed E-state index contributed by atoms with van der Waals surface area (Å²) in [5.41, 5.74) is 3.08. The molecule has 3 rings (SSSR count). The lowest BCUT2D eigenvalue weighted by Gasteiger charge is -2.21. The molecule has 7 heteroatoms. The normalized spacial score (nSPS) is 19.2. The molecule has 1 aromatic heterocycles. The first kappa shape index (κ1) is 17.8. The van der Waals surface area contributed by atoms with Gasteiger partial charge in [-0.1, -0.05) is 10.4 Å². The first-order valence-electron chi connectivity index (χ1n) is 9.51. The van der Waals surface area contributed by atoms with Crippen LogP contribution in [0.25, 0.3) is 0 Å². The van der Waals surface area contributed by atoms with Crippen LogP contribution in [0.5, 0.6) is 0 Å². The summed E-state index contributed by atoms with van der Waals surface area (Å²) in [5, 5.41) is 21.4. The fraction of sp³-hybridized carbons (Fsp3) is 0.722. The van der Waals surface area contributed by atoms with Gasteiger partial charge in [0, 0.05) is 26.2 Å². The van der Waals surface area contributed by atoms with Crippen LogP contribution in [0, 0.1) is 6.92 Å². The second-order valence-corrected chi connectivity index (χ2v) is 6.93. The molecule has 0 bridgehead atoms. The fourth-order valence-electron chi connectivity index (χ4n) is 3.30. The van der Waals surface area contributed by atoms with Crippen molar-refractivity contribution >= 4 is 0 Å². The summed E-state index contributed by atoms with van der Waals surface area (Å²) in [7, 11) is 0. The molecular formula is C18H29N7. The Labute approximate surface area is 150 Å². The van der Waals surface area contributed by atoms with Crippen LogP contribution < -0.4 is 0 Å². The van der Waals surface area contributed by atoms with Crippen molar-refractivity contribution in [3.8, 4) is 0 Å². The zero-order valence-electron chi connectivity index (χ0n) is 15.3. The third kappa shape index (κ3) is 6.07. The van der Waals surface area contributed by atoms with E-state index in [4.69, 9.17) is 0 Å². The van der Waals surface area contributed by atoms with Gasteiger partial charge in [-0.15, -0.1) is 0 Å². The lowest BCUT2D eigenvalue weighted by Crippen LogP contribution is -2.23. The van der Waals surface area contributed by atoms with Gasteiger partial charge in [0.15, 0.2) is 0 Å². The first-order valence-corrected chi connectivity index (χ1v) is 9.51. The SMILES string of the molecule is Cc1cc(CN=NN2CCCCC2)nc(CN=NN2CCCCC2)c1. The van der Waals surface area contributed by atoms with Gasteiger partial charge in [0.05, 0.1) is 11.4 Å². The molecule has 2 aliphatic heterocycles. The molecule has 0 atom stereocenters. The smallest absolute Gasteiger partial charge is 0.104 e. The maximum atomic E-state index is 4.65. The third-order valence-electron chi connectivity index (χ3n) is 4.59. The van der Waals surface area contributed by atoms with E-state index in [1.807, 2.05) is 0 Å². The maximum Gasteiger partial charge on any atom is 0.104 e. The summed E-state index contributed by atoms with van der Waals surface area (Å²) in [4.78, 5) is 4.65. The number of hydrogen-bond acceptors (Lipinski definition) is 5. The molecule has 0 unspecified atom stereocenters. The third-order valence-corrected chi connectivity index (χ3v) is 4.59. The molecule has 0 aliphatic carbocycles. The van der Waals surface area contributed by atoms with Crippen molar-refractivity contribution in [3.63, 3.8) is 0 Å². The predicted octanol–water partition coefficient (Wildman–Crippen LogP) is 4.10. The molecule has 1 aromatic rings. The van der Waals surface area contributed by atoms with E-state index in [1.165, 1.54) is 44.1 Å². The van der Waals surface area contributed by atoms with E-state index in [9.17, 15) is 0 Å². The van der Waals surface area contributed by atoms with Crippen LogP contribution in [0.4, 0.5) is 0 Å². The average molecular weight is 343 g/mol. The zero-order chi connectivity index (χ0) is 17.3. The summed E-state index contributed by atoms with van der Waals surface area (Å²) in [6, 6.07) is 4.14. The highest BCUT2D eigenvalue weighted by molar-refractivity contribution is 5.20. The molecule has 0 radical (unpaired) electrons. The van der Waals surface area contributed by atoms with Crippen LogP contribution in [0.3, 0.4) is 0 Å². The molecule has 2 saturated heterocycles. The van der Waals surface area contributed by atoms with E-state index >= 15 is 0 Å². The summed E-state index contributed by atoms with van der Waals surface area (Å²) >= 11 is 0. The first-order chi connectivity index (χ1) is 12.3. The van der Waals surface area contributed by atoms with Crippen LogP contribution in [-0.4, -0.2) is 41.2 Å². The number of rotatable bonds is 6. The van der Waals surface area contributed by atoms with Gasteiger partial charge >= 0.3 is 0 Å². The van der Waals surface area contributed by atoms with Gasteiger partial charge < -0.3 is 0 Å². The summed E-state index contributed by atoms with van der Waals surface area (Å²) in [6.07, 6.45) is 7.48. The van der Waals surface area contributed by atoms with E-state index in [2.05, 4.69) is 54.7 Å². The van der Waals surface area contributed by atoms with Gasteiger partial charge in [0.1, 0.15) is 13.1 Å². The van der Waals surface area contributed by atoms with Crippen molar-refractivity contribution < 1.29 is 0 Å². The Kier molecular flexibility index (Phi) is 6.71. The maximum absolute atomic E-state index is 4.65. The monoisotopic (exact) mass is 343 g/mol. The van der Waals surface area contributed by atoms with Crippen LogP contribution >= 0.6 is 0 Å². The van der Waals surface area contributed by atoms with Gasteiger partial charge in [-0.25, -0.2) is 0 Å². The number of pyridine rings is 1. The van der Waals surface area contributed by atoms with E-state index in [0.717, 1.165) is 37.6 Å². The molecule has 3 heterocycles. The topological polar surface area (TPSA) is 68.8 Å². The van der Waals surface area contributed by atoms with Gasteiger partial charge in [-0.3, -0.25) is 15.0 Å². The molecule has 0 amide bonds. The number of nitrogens with zero attached hydrogens (tertiary/aromatic N) is 7. The molecule has 0 spiro atoms. The highest BCUT2D eigenvalue weighted by Crippen LogP contribution is 2.12. The Bertz CT molecular complexity index is 539. The molecule has 136 valence electrons. The van der Waals surface area contributed by atoms with Gasteiger partial charge in [0.25, 0.3) is 0 Å². The van der Waals surface area contributed by atoms with Crippen LogP contribution in [0.1, 0.15) is 55.5 Å². The zero-order valence-corrected chi connectivity index (χ0v) is 15.3. The van der Waals surface area contributed by atoms with E-state index in [1.54, 1.807) is 0 Å². The lowest BCUT2D eigenvalue weighted by atomic mass is 10.2. The number of piperidine rings is 2. The van der Waals surface area contributed by atoms with Crippen molar-refractivity contribution in [1.82, 2.24) is 15.0 Å². The molecule has 7 nitrogen and oxygen atoms in total. The number of hydrogen-bond donors (Lipinski definition) is 0. The van der Waals surface area contributed by atoms with E-state index in [0.29, 0.717) is 13.1 Å². The largest absolute Gasteiger partial charge is 0.279 e. The molecular weight excluding hydrogens is 314 g/mol. The summed E-state index contributed by atoms with van der Waals surface area (Å²) in [5.74, 6) is 0. The number of aromatic nitrogens is 1. The Morgan fingerprint density at radius 1 is 0.760 bits per heavy atom. The summed E-state index contributed by atoms with van der Waals surface area (Å²) in [6.45, 7) is 7.21. The van der Waals surface area contributed by atoms with Crippen molar-refractivity contribution in [1.29, 1.82) is 0 Å². The molecule has 2 aliphatic rings. The van der Waals surface area contributed by atoms with Crippen molar-refractivity contribution in [2.75, 3.05) is 26.2 Å². The molecule has 0 saturated carbocycles. The van der Waals surface area contributed by atoms with Gasteiger partial charge in [0.2, 0.25) is 0 Å². The van der Waals surface area contributed by atoms with Gasteiger partial charge in [-0.2, -0.15) is 10.2 Å². The predicted molar refractivity (Wildman–Crippen MR) is 96.9 cm³/mol.